The molecule has 1 N–H and O–H groups in total. The van der Waals surface area contributed by atoms with Gasteiger partial charge in [0.15, 0.2) is 0 Å². The number of benzene rings is 2. The van der Waals surface area contributed by atoms with Crippen LogP contribution in [0.1, 0.15) is 12.5 Å². The van der Waals surface area contributed by atoms with Gasteiger partial charge < -0.3 is 19.5 Å². The molecule has 2 aromatic carbocycles. The van der Waals surface area contributed by atoms with E-state index in [2.05, 4.69) is 41.0 Å². The number of ether oxygens (including phenoxy) is 2. The molecule has 146 valence electrons. The van der Waals surface area contributed by atoms with Crippen LogP contribution in [0.2, 0.25) is 0 Å². The van der Waals surface area contributed by atoms with Gasteiger partial charge in [-0.05, 0) is 48.4 Å². The molecule has 1 atom stereocenters. The number of aliphatic hydroxyl groups excluding tert-OH is 1. The normalized spacial score (nSPS) is 16.2. The second kappa shape index (κ2) is 9.62. The Morgan fingerprint density at radius 1 is 0.926 bits per heavy atom. The Labute approximate surface area is 162 Å². The first-order valence-corrected chi connectivity index (χ1v) is 9.69. The van der Waals surface area contributed by atoms with E-state index < -0.39 is 6.10 Å². The summed E-state index contributed by atoms with van der Waals surface area (Å²) in [7, 11) is 1.68. The minimum Gasteiger partial charge on any atom is -0.497 e. The van der Waals surface area contributed by atoms with Crippen LogP contribution in [-0.4, -0.2) is 62.6 Å². The predicted molar refractivity (Wildman–Crippen MR) is 109 cm³/mol. The molecule has 3 rings (SSSR count). The molecule has 0 radical (unpaired) electrons. The molecule has 1 fully saturated rings. The van der Waals surface area contributed by atoms with Crippen LogP contribution in [0.3, 0.4) is 0 Å². The topological polar surface area (TPSA) is 45.2 Å². The third-order valence-electron chi connectivity index (χ3n) is 5.05. The van der Waals surface area contributed by atoms with Crippen LogP contribution in [0.25, 0.3) is 0 Å². The monoisotopic (exact) mass is 370 g/mol. The van der Waals surface area contributed by atoms with Gasteiger partial charge in [-0.2, -0.15) is 0 Å². The van der Waals surface area contributed by atoms with Gasteiger partial charge in [0, 0.05) is 38.4 Å². The van der Waals surface area contributed by atoms with E-state index in [1.807, 2.05) is 24.3 Å². The molecule has 5 nitrogen and oxygen atoms in total. The summed E-state index contributed by atoms with van der Waals surface area (Å²) in [5.41, 5.74) is 2.51. The first-order chi connectivity index (χ1) is 13.2. The van der Waals surface area contributed by atoms with E-state index in [9.17, 15) is 5.11 Å². The van der Waals surface area contributed by atoms with Gasteiger partial charge >= 0.3 is 0 Å². The van der Waals surface area contributed by atoms with Crippen LogP contribution in [0.4, 0.5) is 5.69 Å². The van der Waals surface area contributed by atoms with Crippen LogP contribution in [0, 0.1) is 0 Å². The van der Waals surface area contributed by atoms with Crippen molar-refractivity contribution in [2.24, 2.45) is 0 Å². The van der Waals surface area contributed by atoms with Crippen LogP contribution in [0.15, 0.2) is 48.5 Å². The number of rotatable bonds is 8. The molecule has 0 bridgehead atoms. The molecule has 0 saturated carbocycles. The summed E-state index contributed by atoms with van der Waals surface area (Å²) < 4.78 is 10.9. The van der Waals surface area contributed by atoms with Crippen molar-refractivity contribution in [3.8, 4) is 11.5 Å². The molecule has 0 aliphatic carbocycles. The van der Waals surface area contributed by atoms with Crippen molar-refractivity contribution >= 4 is 5.69 Å². The maximum absolute atomic E-state index is 10.3. The molecule has 0 aromatic heterocycles. The van der Waals surface area contributed by atoms with E-state index in [4.69, 9.17) is 9.47 Å². The van der Waals surface area contributed by atoms with E-state index in [-0.39, 0.29) is 0 Å². The van der Waals surface area contributed by atoms with E-state index in [0.717, 1.165) is 44.1 Å². The lowest BCUT2D eigenvalue weighted by molar-refractivity contribution is 0.0663. The molecule has 0 unspecified atom stereocenters. The average molecular weight is 370 g/mol. The predicted octanol–water partition coefficient (Wildman–Crippen LogP) is 2.82. The van der Waals surface area contributed by atoms with Crippen molar-refractivity contribution in [1.82, 2.24) is 4.90 Å². The molecule has 5 heteroatoms. The maximum Gasteiger partial charge on any atom is 0.119 e. The standard InChI is InChI=1S/C22H30N2O3/c1-3-18-4-8-22(9-5-18)27-17-20(25)16-23-12-14-24(15-13-23)19-6-10-21(26-2)11-7-19/h4-11,20,25H,3,12-17H2,1-2H3/t20-/m1/s1. The number of hydrogen-bond acceptors (Lipinski definition) is 5. The zero-order valence-electron chi connectivity index (χ0n) is 16.3. The molecular weight excluding hydrogens is 340 g/mol. The fourth-order valence-electron chi connectivity index (χ4n) is 3.35. The molecule has 0 spiro atoms. The van der Waals surface area contributed by atoms with E-state index in [0.29, 0.717) is 13.2 Å². The smallest absolute Gasteiger partial charge is 0.119 e. The van der Waals surface area contributed by atoms with Crippen LogP contribution in [0.5, 0.6) is 11.5 Å². The Bertz CT molecular complexity index is 680. The lowest BCUT2D eigenvalue weighted by Gasteiger charge is -2.36. The fourth-order valence-corrected chi connectivity index (χ4v) is 3.35. The van der Waals surface area contributed by atoms with Crippen LogP contribution >= 0.6 is 0 Å². The quantitative estimate of drug-likeness (QED) is 0.774. The fraction of sp³-hybridized carbons (Fsp3) is 0.455. The molecule has 2 aromatic rings. The zero-order valence-corrected chi connectivity index (χ0v) is 16.3. The van der Waals surface area contributed by atoms with Gasteiger partial charge in [0.05, 0.1) is 7.11 Å². The highest BCUT2D eigenvalue weighted by Crippen LogP contribution is 2.20. The van der Waals surface area contributed by atoms with Crippen molar-refractivity contribution in [1.29, 1.82) is 0 Å². The van der Waals surface area contributed by atoms with Crippen LogP contribution < -0.4 is 14.4 Å². The number of hydrogen-bond donors (Lipinski definition) is 1. The Balaban J connectivity index is 1.40. The lowest BCUT2D eigenvalue weighted by Crippen LogP contribution is -2.49. The Kier molecular flexibility index (Phi) is 6.96. The summed E-state index contributed by atoms with van der Waals surface area (Å²) >= 11 is 0. The number of aryl methyl sites for hydroxylation is 1. The Hall–Kier alpha value is -2.24. The summed E-state index contributed by atoms with van der Waals surface area (Å²) in [4.78, 5) is 4.67. The van der Waals surface area contributed by atoms with Crippen molar-refractivity contribution in [2.45, 2.75) is 19.4 Å². The minimum atomic E-state index is -0.483. The maximum atomic E-state index is 10.3. The van der Waals surface area contributed by atoms with Gasteiger partial charge in [-0.3, -0.25) is 4.90 Å². The van der Waals surface area contributed by atoms with Gasteiger partial charge in [0.1, 0.15) is 24.2 Å². The van der Waals surface area contributed by atoms with E-state index in [1.54, 1.807) is 7.11 Å². The first kappa shape index (κ1) is 19.5. The van der Waals surface area contributed by atoms with Gasteiger partial charge in [0.2, 0.25) is 0 Å². The molecule has 1 heterocycles. The largest absolute Gasteiger partial charge is 0.497 e. The Morgan fingerprint density at radius 3 is 2.15 bits per heavy atom. The third-order valence-corrected chi connectivity index (χ3v) is 5.05. The second-order valence-corrected chi connectivity index (χ2v) is 6.95. The molecule has 27 heavy (non-hydrogen) atoms. The van der Waals surface area contributed by atoms with E-state index >= 15 is 0 Å². The molecule has 1 aliphatic heterocycles. The van der Waals surface area contributed by atoms with Gasteiger partial charge in [-0.25, -0.2) is 0 Å². The van der Waals surface area contributed by atoms with Gasteiger partial charge in [-0.15, -0.1) is 0 Å². The van der Waals surface area contributed by atoms with Gasteiger partial charge in [0.25, 0.3) is 0 Å². The number of aliphatic hydroxyl groups is 1. The number of piperazine rings is 1. The zero-order chi connectivity index (χ0) is 19.1. The minimum absolute atomic E-state index is 0.324. The highest BCUT2D eigenvalue weighted by atomic mass is 16.5. The SMILES string of the molecule is CCc1ccc(OC[C@H](O)CN2CCN(c3ccc(OC)cc3)CC2)cc1. The number of methoxy groups -OCH3 is 1. The van der Waals surface area contributed by atoms with Crippen molar-refractivity contribution < 1.29 is 14.6 Å². The average Bonchev–Trinajstić information content (AvgIpc) is 2.73. The molecular formula is C22H30N2O3. The second-order valence-electron chi connectivity index (χ2n) is 6.95. The summed E-state index contributed by atoms with van der Waals surface area (Å²) in [6, 6.07) is 16.3. The number of nitrogens with zero attached hydrogens (tertiary/aromatic N) is 2. The summed E-state index contributed by atoms with van der Waals surface area (Å²) in [6.45, 7) is 6.89. The van der Waals surface area contributed by atoms with Crippen molar-refractivity contribution in [2.75, 3.05) is 51.3 Å². The lowest BCUT2D eigenvalue weighted by atomic mass is 10.2. The molecule has 0 amide bonds. The first-order valence-electron chi connectivity index (χ1n) is 9.69. The third kappa shape index (κ3) is 5.62. The Morgan fingerprint density at radius 2 is 1.56 bits per heavy atom. The molecule has 1 saturated heterocycles. The van der Waals surface area contributed by atoms with Gasteiger partial charge in [-0.1, -0.05) is 19.1 Å². The highest BCUT2D eigenvalue weighted by molar-refractivity contribution is 5.49. The van der Waals surface area contributed by atoms with Crippen molar-refractivity contribution in [3.63, 3.8) is 0 Å². The highest BCUT2D eigenvalue weighted by Gasteiger charge is 2.19. The summed E-state index contributed by atoms with van der Waals surface area (Å²) in [5, 5.41) is 10.3. The van der Waals surface area contributed by atoms with Crippen LogP contribution in [-0.2, 0) is 6.42 Å². The summed E-state index contributed by atoms with van der Waals surface area (Å²) in [5.74, 6) is 1.69. The number of anilines is 1. The van der Waals surface area contributed by atoms with E-state index in [1.165, 1.54) is 11.3 Å². The number of β-amino-alcohol motifs (C(OH)–C–C–N with tert-alkyl or cyclic N) is 1. The van der Waals surface area contributed by atoms with Crippen molar-refractivity contribution in [3.05, 3.63) is 54.1 Å². The summed E-state index contributed by atoms with van der Waals surface area (Å²) in [6.07, 6.45) is 0.536. The molecule has 1 aliphatic rings.